The molecule has 0 aliphatic carbocycles. The summed E-state index contributed by atoms with van der Waals surface area (Å²) < 4.78 is 4.42. The minimum atomic E-state index is -1.06. The maximum Gasteiger partial charge on any atom is 0.398 e. The summed E-state index contributed by atoms with van der Waals surface area (Å²) in [6, 6.07) is 4.73. The lowest BCUT2D eigenvalue weighted by Crippen LogP contribution is -2.45. The topological polar surface area (TPSA) is 97.4 Å². The second-order valence-electron chi connectivity index (χ2n) is 2.84. The summed E-state index contributed by atoms with van der Waals surface area (Å²) in [5, 5.41) is 0. The molecule has 90 valence electrons. The summed E-state index contributed by atoms with van der Waals surface area (Å²) in [6.07, 6.45) is 1.43. The van der Waals surface area contributed by atoms with Crippen LogP contribution in [0.3, 0.4) is 0 Å². The van der Waals surface area contributed by atoms with E-state index in [2.05, 4.69) is 9.72 Å². The Kier molecular flexibility index (Phi) is 4.61. The van der Waals surface area contributed by atoms with Crippen molar-refractivity contribution < 1.29 is 19.1 Å². The summed E-state index contributed by atoms with van der Waals surface area (Å²) in [4.78, 5) is 37.1. The van der Waals surface area contributed by atoms with Gasteiger partial charge in [0.05, 0.1) is 6.61 Å². The van der Waals surface area contributed by atoms with E-state index < -0.39 is 17.8 Å². The first-order valence-corrected chi connectivity index (χ1v) is 4.83. The maximum absolute atomic E-state index is 11.4. The summed E-state index contributed by atoms with van der Waals surface area (Å²) >= 11 is 0. The number of amides is 2. The molecule has 17 heavy (non-hydrogen) atoms. The molecule has 0 aromatic carbocycles. The zero-order valence-electron chi connectivity index (χ0n) is 9.10. The predicted octanol–water partition coefficient (Wildman–Crippen LogP) is -0.594. The third-order valence-corrected chi connectivity index (χ3v) is 1.65. The van der Waals surface area contributed by atoms with Crippen LogP contribution in [0, 0.1) is 0 Å². The molecule has 0 unspecified atom stereocenters. The van der Waals surface area contributed by atoms with E-state index in [1.54, 1.807) is 19.1 Å². The van der Waals surface area contributed by atoms with Gasteiger partial charge in [-0.1, -0.05) is 6.07 Å². The van der Waals surface area contributed by atoms with Gasteiger partial charge in [-0.25, -0.2) is 4.79 Å². The zero-order valence-corrected chi connectivity index (χ0v) is 9.10. The van der Waals surface area contributed by atoms with E-state index in [9.17, 15) is 14.4 Å². The Morgan fingerprint density at radius 1 is 1.29 bits per heavy atom. The molecule has 0 spiro atoms. The number of carbonyl (C=O) groups excluding carboxylic acids is 3. The first kappa shape index (κ1) is 12.6. The molecule has 1 aromatic heterocycles. The molecule has 1 heterocycles. The molecule has 1 aromatic rings. The fourth-order valence-electron chi connectivity index (χ4n) is 0.922. The highest BCUT2D eigenvalue weighted by Crippen LogP contribution is 1.91. The van der Waals surface area contributed by atoms with Gasteiger partial charge in [0.1, 0.15) is 5.69 Å². The van der Waals surface area contributed by atoms with Crippen molar-refractivity contribution in [2.24, 2.45) is 0 Å². The molecule has 0 bridgehead atoms. The minimum Gasteiger partial charge on any atom is -0.459 e. The standard InChI is InChI=1S/C10H11N3O4/c1-2-17-10(16)9(15)13-12-8(14)7-5-3-4-6-11-7/h3-6H,2H2,1H3,(H,12,14)(H,13,15). The molecule has 0 fully saturated rings. The van der Waals surface area contributed by atoms with E-state index in [1.165, 1.54) is 12.3 Å². The quantitative estimate of drug-likeness (QED) is 0.407. The average Bonchev–Trinajstić information content (AvgIpc) is 2.36. The van der Waals surface area contributed by atoms with Gasteiger partial charge in [-0.3, -0.25) is 25.4 Å². The van der Waals surface area contributed by atoms with E-state index in [-0.39, 0.29) is 12.3 Å². The van der Waals surface area contributed by atoms with Crippen LogP contribution in [0.4, 0.5) is 0 Å². The first-order valence-electron chi connectivity index (χ1n) is 4.83. The minimum absolute atomic E-state index is 0.0838. The van der Waals surface area contributed by atoms with Gasteiger partial charge in [-0.15, -0.1) is 0 Å². The number of carbonyl (C=O) groups is 3. The molecule has 7 nitrogen and oxygen atoms in total. The molecular weight excluding hydrogens is 226 g/mol. The molecule has 0 saturated carbocycles. The predicted molar refractivity (Wildman–Crippen MR) is 56.5 cm³/mol. The van der Waals surface area contributed by atoms with Crippen LogP contribution in [0.15, 0.2) is 24.4 Å². The summed E-state index contributed by atoms with van der Waals surface area (Å²) in [6.45, 7) is 1.65. The number of nitrogens with zero attached hydrogens (tertiary/aromatic N) is 1. The van der Waals surface area contributed by atoms with Crippen LogP contribution in [-0.4, -0.2) is 29.4 Å². The van der Waals surface area contributed by atoms with Crippen molar-refractivity contribution in [3.05, 3.63) is 30.1 Å². The molecular formula is C10H11N3O4. The molecule has 2 amide bonds. The highest BCUT2D eigenvalue weighted by Gasteiger charge is 2.15. The first-order chi connectivity index (χ1) is 8.15. The number of hydrogen-bond acceptors (Lipinski definition) is 5. The Morgan fingerprint density at radius 3 is 2.65 bits per heavy atom. The van der Waals surface area contributed by atoms with Gasteiger partial charge in [0.25, 0.3) is 5.91 Å². The van der Waals surface area contributed by atoms with Crippen molar-refractivity contribution in [3.63, 3.8) is 0 Å². The van der Waals surface area contributed by atoms with Crippen LogP contribution in [-0.2, 0) is 14.3 Å². The number of hydrazine groups is 1. The highest BCUT2D eigenvalue weighted by atomic mass is 16.5. The Bertz CT molecular complexity index is 419. The van der Waals surface area contributed by atoms with Crippen LogP contribution in [0.1, 0.15) is 17.4 Å². The number of ether oxygens (including phenoxy) is 1. The second-order valence-corrected chi connectivity index (χ2v) is 2.84. The van der Waals surface area contributed by atoms with Crippen molar-refractivity contribution in [3.8, 4) is 0 Å². The van der Waals surface area contributed by atoms with Crippen molar-refractivity contribution in [2.75, 3.05) is 6.61 Å². The number of esters is 1. The molecule has 0 aliphatic rings. The number of pyridine rings is 1. The Balaban J connectivity index is 2.44. The molecule has 0 saturated heterocycles. The third-order valence-electron chi connectivity index (χ3n) is 1.65. The lowest BCUT2D eigenvalue weighted by atomic mass is 10.3. The number of rotatable bonds is 2. The van der Waals surface area contributed by atoms with Crippen LogP contribution < -0.4 is 10.9 Å². The lowest BCUT2D eigenvalue weighted by Gasteiger charge is -2.05. The Morgan fingerprint density at radius 2 is 2.06 bits per heavy atom. The average molecular weight is 237 g/mol. The third kappa shape index (κ3) is 3.90. The largest absolute Gasteiger partial charge is 0.459 e. The van der Waals surface area contributed by atoms with Gasteiger partial charge in [-0.05, 0) is 19.1 Å². The normalized spacial score (nSPS) is 9.24. The number of nitrogens with one attached hydrogen (secondary N) is 2. The molecule has 0 radical (unpaired) electrons. The summed E-state index contributed by atoms with van der Waals surface area (Å²) in [5.74, 6) is -2.73. The van der Waals surface area contributed by atoms with Gasteiger partial charge >= 0.3 is 11.9 Å². The smallest absolute Gasteiger partial charge is 0.398 e. The van der Waals surface area contributed by atoms with Crippen molar-refractivity contribution >= 4 is 17.8 Å². The highest BCUT2D eigenvalue weighted by molar-refractivity contribution is 6.32. The van der Waals surface area contributed by atoms with E-state index in [0.717, 1.165) is 0 Å². The van der Waals surface area contributed by atoms with Gasteiger partial charge < -0.3 is 4.74 Å². The zero-order chi connectivity index (χ0) is 12.7. The second kappa shape index (κ2) is 6.21. The summed E-state index contributed by atoms with van der Waals surface area (Å²) in [5.41, 5.74) is 4.07. The molecule has 7 heteroatoms. The van der Waals surface area contributed by atoms with Crippen LogP contribution in [0.5, 0.6) is 0 Å². The monoisotopic (exact) mass is 237 g/mol. The van der Waals surface area contributed by atoms with Crippen molar-refractivity contribution in [2.45, 2.75) is 6.92 Å². The fraction of sp³-hybridized carbons (Fsp3) is 0.200. The molecule has 1 rings (SSSR count). The van der Waals surface area contributed by atoms with Gasteiger partial charge in [0.2, 0.25) is 0 Å². The van der Waals surface area contributed by atoms with Crippen LogP contribution >= 0.6 is 0 Å². The van der Waals surface area contributed by atoms with E-state index >= 15 is 0 Å². The van der Waals surface area contributed by atoms with E-state index in [1.807, 2.05) is 10.9 Å². The van der Waals surface area contributed by atoms with E-state index in [4.69, 9.17) is 0 Å². The van der Waals surface area contributed by atoms with Crippen LogP contribution in [0.25, 0.3) is 0 Å². The lowest BCUT2D eigenvalue weighted by molar-refractivity contribution is -0.154. The van der Waals surface area contributed by atoms with E-state index in [0.29, 0.717) is 0 Å². The number of hydrogen-bond donors (Lipinski definition) is 2. The van der Waals surface area contributed by atoms with Gasteiger partial charge in [-0.2, -0.15) is 0 Å². The van der Waals surface area contributed by atoms with Crippen LogP contribution in [0.2, 0.25) is 0 Å². The van der Waals surface area contributed by atoms with Gasteiger partial charge in [0, 0.05) is 6.20 Å². The van der Waals surface area contributed by atoms with Gasteiger partial charge in [0.15, 0.2) is 0 Å². The Labute approximate surface area is 97.1 Å². The van der Waals surface area contributed by atoms with Crippen molar-refractivity contribution in [1.82, 2.24) is 15.8 Å². The SMILES string of the molecule is CCOC(=O)C(=O)NNC(=O)c1ccccn1. The van der Waals surface area contributed by atoms with Crippen molar-refractivity contribution in [1.29, 1.82) is 0 Å². The summed E-state index contributed by atoms with van der Waals surface area (Å²) in [7, 11) is 0. The maximum atomic E-state index is 11.4. The fourth-order valence-corrected chi connectivity index (χ4v) is 0.922. The molecule has 0 aliphatic heterocycles. The number of aromatic nitrogens is 1. The molecule has 2 N–H and O–H groups in total. The Hall–Kier alpha value is -2.44. The molecule has 0 atom stereocenters.